The molecule has 2 amide bonds. The van der Waals surface area contributed by atoms with Crippen LogP contribution >= 0.6 is 11.8 Å². The number of fused-ring (bicyclic) bond motifs is 1. The maximum Gasteiger partial charge on any atom is 0.262 e. The van der Waals surface area contributed by atoms with Gasteiger partial charge in [0, 0.05) is 16.5 Å². The molecule has 3 aromatic rings. The summed E-state index contributed by atoms with van der Waals surface area (Å²) in [7, 11) is 1.61. The number of rotatable bonds is 7. The molecule has 168 valence electrons. The summed E-state index contributed by atoms with van der Waals surface area (Å²) in [5, 5.41) is 5.97. The van der Waals surface area contributed by atoms with Crippen LogP contribution in [0.25, 0.3) is 6.08 Å². The topological polar surface area (TPSA) is 67.4 Å². The van der Waals surface area contributed by atoms with Gasteiger partial charge >= 0.3 is 0 Å². The zero-order valence-corrected chi connectivity index (χ0v) is 19.4. The molecular formula is C27H26N2O3S. The largest absolute Gasteiger partial charge is 0.497 e. The third kappa shape index (κ3) is 5.84. The van der Waals surface area contributed by atoms with Gasteiger partial charge in [0.2, 0.25) is 0 Å². The number of methoxy groups -OCH3 is 1. The van der Waals surface area contributed by atoms with Crippen LogP contribution in [0.1, 0.15) is 34.8 Å². The Kier molecular flexibility index (Phi) is 7.15. The number of anilines is 1. The van der Waals surface area contributed by atoms with Crippen LogP contribution < -0.4 is 15.4 Å². The van der Waals surface area contributed by atoms with Crippen molar-refractivity contribution < 1.29 is 14.3 Å². The number of amides is 2. The average molecular weight is 459 g/mol. The summed E-state index contributed by atoms with van der Waals surface area (Å²) in [5.74, 6) is 0.402. The SMILES string of the molecule is COc1cccc(C=C2Sc3ccc(C(=O)NC(C)CCc4ccccc4)cc3NC2=O)c1. The van der Waals surface area contributed by atoms with Crippen molar-refractivity contribution in [1.82, 2.24) is 5.32 Å². The Labute approximate surface area is 198 Å². The van der Waals surface area contributed by atoms with E-state index in [0.717, 1.165) is 29.1 Å². The molecule has 0 saturated heterocycles. The Bertz CT molecular complexity index is 1190. The van der Waals surface area contributed by atoms with Gasteiger partial charge in [-0.25, -0.2) is 0 Å². The van der Waals surface area contributed by atoms with Gasteiger partial charge < -0.3 is 15.4 Å². The first-order valence-electron chi connectivity index (χ1n) is 10.9. The van der Waals surface area contributed by atoms with E-state index in [4.69, 9.17) is 4.74 Å². The van der Waals surface area contributed by atoms with Crippen molar-refractivity contribution >= 4 is 35.3 Å². The molecule has 0 radical (unpaired) electrons. The van der Waals surface area contributed by atoms with Crippen molar-refractivity contribution in [3.05, 3.63) is 94.4 Å². The zero-order valence-electron chi connectivity index (χ0n) is 18.6. The Morgan fingerprint density at radius 1 is 1.09 bits per heavy atom. The molecule has 33 heavy (non-hydrogen) atoms. The first kappa shape index (κ1) is 22.7. The van der Waals surface area contributed by atoms with E-state index < -0.39 is 0 Å². The number of carbonyl (C=O) groups excluding carboxylic acids is 2. The highest BCUT2D eigenvalue weighted by Gasteiger charge is 2.22. The lowest BCUT2D eigenvalue weighted by atomic mass is 10.1. The molecule has 3 aromatic carbocycles. The molecule has 0 spiro atoms. The molecule has 0 aromatic heterocycles. The van der Waals surface area contributed by atoms with Crippen molar-refractivity contribution in [1.29, 1.82) is 0 Å². The second-order valence-electron chi connectivity index (χ2n) is 7.95. The molecule has 1 atom stereocenters. The van der Waals surface area contributed by atoms with Gasteiger partial charge in [0.15, 0.2) is 0 Å². The van der Waals surface area contributed by atoms with Crippen LogP contribution in [0.3, 0.4) is 0 Å². The van der Waals surface area contributed by atoms with E-state index in [1.54, 1.807) is 19.2 Å². The smallest absolute Gasteiger partial charge is 0.262 e. The lowest BCUT2D eigenvalue weighted by Crippen LogP contribution is -2.33. The summed E-state index contributed by atoms with van der Waals surface area (Å²) >= 11 is 1.39. The van der Waals surface area contributed by atoms with Crippen molar-refractivity contribution in [3.63, 3.8) is 0 Å². The lowest BCUT2D eigenvalue weighted by molar-refractivity contribution is -0.112. The van der Waals surface area contributed by atoms with E-state index in [0.29, 0.717) is 16.2 Å². The Morgan fingerprint density at radius 3 is 2.70 bits per heavy atom. The molecule has 1 heterocycles. The second-order valence-corrected chi connectivity index (χ2v) is 9.03. The van der Waals surface area contributed by atoms with Crippen LogP contribution in [-0.4, -0.2) is 25.0 Å². The third-order valence-corrected chi connectivity index (χ3v) is 6.51. The maximum atomic E-state index is 12.7. The molecule has 0 bridgehead atoms. The highest BCUT2D eigenvalue weighted by Crippen LogP contribution is 2.39. The van der Waals surface area contributed by atoms with Gasteiger partial charge in [0.05, 0.1) is 17.7 Å². The number of nitrogens with one attached hydrogen (secondary N) is 2. The summed E-state index contributed by atoms with van der Waals surface area (Å²) < 4.78 is 5.25. The van der Waals surface area contributed by atoms with E-state index in [2.05, 4.69) is 22.8 Å². The molecule has 0 saturated carbocycles. The summed E-state index contributed by atoms with van der Waals surface area (Å²) in [6.07, 6.45) is 3.59. The highest BCUT2D eigenvalue weighted by atomic mass is 32.2. The Morgan fingerprint density at radius 2 is 1.91 bits per heavy atom. The monoisotopic (exact) mass is 458 g/mol. The highest BCUT2D eigenvalue weighted by molar-refractivity contribution is 8.04. The minimum Gasteiger partial charge on any atom is -0.497 e. The van der Waals surface area contributed by atoms with Crippen LogP contribution in [0.5, 0.6) is 5.75 Å². The number of carbonyl (C=O) groups is 2. The van der Waals surface area contributed by atoms with E-state index in [1.165, 1.54) is 17.3 Å². The van der Waals surface area contributed by atoms with Crippen LogP contribution in [-0.2, 0) is 11.2 Å². The van der Waals surface area contributed by atoms with Gasteiger partial charge in [-0.05, 0) is 67.3 Å². The first-order valence-corrected chi connectivity index (χ1v) is 11.7. The zero-order chi connectivity index (χ0) is 23.2. The summed E-state index contributed by atoms with van der Waals surface area (Å²) in [6, 6.07) is 23.2. The van der Waals surface area contributed by atoms with Gasteiger partial charge in [-0.15, -0.1) is 0 Å². The van der Waals surface area contributed by atoms with Gasteiger partial charge in [-0.1, -0.05) is 54.2 Å². The minimum atomic E-state index is -0.191. The molecule has 1 aliphatic rings. The average Bonchev–Trinajstić information content (AvgIpc) is 2.83. The number of thioether (sulfide) groups is 1. The summed E-state index contributed by atoms with van der Waals surface area (Å²) in [5.41, 5.74) is 3.32. The number of ether oxygens (including phenoxy) is 1. The molecule has 1 aliphatic heterocycles. The summed E-state index contributed by atoms with van der Waals surface area (Å²) in [4.78, 5) is 26.9. The number of hydrogen-bond donors (Lipinski definition) is 2. The molecule has 5 nitrogen and oxygen atoms in total. The fourth-order valence-corrected chi connectivity index (χ4v) is 4.52. The van der Waals surface area contributed by atoms with Crippen LogP contribution in [0, 0.1) is 0 Å². The van der Waals surface area contributed by atoms with E-state index in [-0.39, 0.29) is 17.9 Å². The third-order valence-electron chi connectivity index (χ3n) is 5.41. The predicted octanol–water partition coefficient (Wildman–Crippen LogP) is 5.53. The Balaban J connectivity index is 1.41. The predicted molar refractivity (Wildman–Crippen MR) is 134 cm³/mol. The van der Waals surface area contributed by atoms with Crippen molar-refractivity contribution in [2.75, 3.05) is 12.4 Å². The van der Waals surface area contributed by atoms with E-state index in [1.807, 2.05) is 61.5 Å². The van der Waals surface area contributed by atoms with Crippen LogP contribution in [0.2, 0.25) is 0 Å². The normalized spacial score (nSPS) is 14.8. The van der Waals surface area contributed by atoms with Crippen molar-refractivity contribution in [2.24, 2.45) is 0 Å². The number of hydrogen-bond acceptors (Lipinski definition) is 4. The van der Waals surface area contributed by atoms with Crippen LogP contribution in [0.15, 0.2) is 82.6 Å². The van der Waals surface area contributed by atoms with E-state index >= 15 is 0 Å². The first-order chi connectivity index (χ1) is 16.0. The van der Waals surface area contributed by atoms with Crippen molar-refractivity contribution in [2.45, 2.75) is 30.7 Å². The Hall–Kier alpha value is -3.51. The number of benzene rings is 3. The maximum absolute atomic E-state index is 12.7. The molecular weight excluding hydrogens is 432 g/mol. The number of aryl methyl sites for hydroxylation is 1. The van der Waals surface area contributed by atoms with Gasteiger partial charge in [0.1, 0.15) is 5.75 Å². The quantitative estimate of drug-likeness (QED) is 0.457. The van der Waals surface area contributed by atoms with Gasteiger partial charge in [-0.2, -0.15) is 0 Å². The second kappa shape index (κ2) is 10.4. The fourth-order valence-electron chi connectivity index (χ4n) is 3.59. The molecule has 0 fully saturated rings. The molecule has 1 unspecified atom stereocenters. The van der Waals surface area contributed by atoms with Gasteiger partial charge in [-0.3, -0.25) is 9.59 Å². The lowest BCUT2D eigenvalue weighted by Gasteiger charge is -2.20. The standard InChI is InChI=1S/C27H26N2O3S/c1-18(11-12-19-7-4-3-5-8-19)28-26(30)21-13-14-24-23(17-21)29-27(31)25(33-24)16-20-9-6-10-22(15-20)32-2/h3-10,13-18H,11-12H2,1-2H3,(H,28,30)(H,29,31). The van der Waals surface area contributed by atoms with Gasteiger partial charge in [0.25, 0.3) is 11.8 Å². The molecule has 6 heteroatoms. The summed E-state index contributed by atoms with van der Waals surface area (Å²) in [6.45, 7) is 2.01. The minimum absolute atomic E-state index is 0.0371. The van der Waals surface area contributed by atoms with Crippen molar-refractivity contribution in [3.8, 4) is 5.75 Å². The van der Waals surface area contributed by atoms with E-state index in [9.17, 15) is 9.59 Å². The molecule has 2 N–H and O–H groups in total. The fraction of sp³-hybridized carbons (Fsp3) is 0.185. The van der Waals surface area contributed by atoms with Crippen LogP contribution in [0.4, 0.5) is 5.69 Å². The molecule has 4 rings (SSSR count). The molecule has 0 aliphatic carbocycles.